The zero-order valence-corrected chi connectivity index (χ0v) is 12.6. The van der Waals surface area contributed by atoms with Gasteiger partial charge < -0.3 is 34.3 Å². The molecule has 0 saturated carbocycles. The van der Waals surface area contributed by atoms with Crippen LogP contribution in [0.3, 0.4) is 0 Å². The van der Waals surface area contributed by atoms with Crippen LogP contribution in [0.4, 0.5) is 0 Å². The summed E-state index contributed by atoms with van der Waals surface area (Å²) < 4.78 is 15.5. The third-order valence-electron chi connectivity index (χ3n) is 3.25. The molecule has 0 aromatic heterocycles. The van der Waals surface area contributed by atoms with Crippen molar-refractivity contribution in [3.05, 3.63) is 36.4 Å². The van der Waals surface area contributed by atoms with Crippen LogP contribution >= 0.6 is 0 Å². The van der Waals surface area contributed by atoms with Gasteiger partial charge in [-0.05, 0) is 12.1 Å². The molecule has 23 heavy (non-hydrogen) atoms. The maximum atomic E-state index is 10.2. The van der Waals surface area contributed by atoms with E-state index in [-0.39, 0.29) is 33.9 Å². The van der Waals surface area contributed by atoms with Crippen molar-refractivity contribution >= 4 is 25.2 Å². The summed E-state index contributed by atoms with van der Waals surface area (Å²) in [6, 6.07) is 9.06. The summed E-state index contributed by atoms with van der Waals surface area (Å²) in [5.41, 5.74) is 0.0828. The van der Waals surface area contributed by atoms with Gasteiger partial charge in [0, 0.05) is 10.9 Å². The van der Waals surface area contributed by atoms with Gasteiger partial charge >= 0.3 is 14.2 Å². The fourth-order valence-electron chi connectivity index (χ4n) is 2.10. The molecule has 2 aromatic carbocycles. The van der Waals surface area contributed by atoms with Crippen LogP contribution < -0.4 is 25.1 Å². The van der Waals surface area contributed by atoms with Crippen LogP contribution in [0.15, 0.2) is 36.4 Å². The number of ether oxygens (including phenoxy) is 2. The second-order valence-electron chi connectivity index (χ2n) is 4.62. The number of phenols is 1. The summed E-state index contributed by atoms with van der Waals surface area (Å²) in [6.07, 6.45) is 0. The van der Waals surface area contributed by atoms with Crippen LogP contribution in [-0.2, 0) is 0 Å². The number of rotatable bonds is 6. The predicted molar refractivity (Wildman–Crippen MR) is 85.7 cm³/mol. The highest BCUT2D eigenvalue weighted by Crippen LogP contribution is 2.27. The molecule has 4 N–H and O–H groups in total. The average molecular weight is 318 g/mol. The lowest BCUT2D eigenvalue weighted by Gasteiger charge is -2.18. The standard InChI is InChI=1S/C14H16B2O7/c1-21-11-7-3-5-9(13(11)17)16(20)23-14-10(15(18)19)6-4-8-12(14)22-2/h3-8,17-20H,1-2H3. The van der Waals surface area contributed by atoms with E-state index < -0.39 is 14.2 Å². The maximum Gasteiger partial charge on any atom is 0.564 e. The second kappa shape index (κ2) is 7.28. The molecule has 7 nitrogen and oxygen atoms in total. The SMILES string of the molecule is COc1cccc(B(O)Oc2c(OC)cccc2B(O)O)c1O. The molecule has 0 aliphatic carbocycles. The molecule has 0 aliphatic heterocycles. The minimum absolute atomic E-state index is 0.0192. The molecule has 0 bridgehead atoms. The van der Waals surface area contributed by atoms with Gasteiger partial charge in [0.2, 0.25) is 0 Å². The quantitative estimate of drug-likeness (QED) is 0.498. The van der Waals surface area contributed by atoms with E-state index >= 15 is 0 Å². The lowest BCUT2D eigenvalue weighted by molar-refractivity contribution is 0.365. The normalized spacial score (nSPS) is 10.1. The Morgan fingerprint density at radius 1 is 0.826 bits per heavy atom. The van der Waals surface area contributed by atoms with Gasteiger partial charge in [0.25, 0.3) is 0 Å². The largest absolute Gasteiger partial charge is 0.564 e. The predicted octanol–water partition coefficient (Wildman–Crippen LogP) is -1.14. The minimum atomic E-state index is -1.81. The van der Waals surface area contributed by atoms with Gasteiger partial charge in [-0.25, -0.2) is 0 Å². The van der Waals surface area contributed by atoms with Gasteiger partial charge in [0.1, 0.15) is 5.75 Å². The van der Waals surface area contributed by atoms with E-state index in [1.807, 2.05) is 0 Å². The highest BCUT2D eigenvalue weighted by molar-refractivity contribution is 6.63. The number of benzene rings is 2. The zero-order valence-electron chi connectivity index (χ0n) is 12.6. The van der Waals surface area contributed by atoms with Crippen LogP contribution in [0.5, 0.6) is 23.0 Å². The number of methoxy groups -OCH3 is 2. The lowest BCUT2D eigenvalue weighted by atomic mass is 9.76. The highest BCUT2D eigenvalue weighted by Gasteiger charge is 2.29. The fourth-order valence-corrected chi connectivity index (χ4v) is 2.10. The Hall–Kier alpha value is -2.35. The Bertz CT molecular complexity index is 678. The number of hydrogen-bond acceptors (Lipinski definition) is 7. The highest BCUT2D eigenvalue weighted by atomic mass is 16.5. The summed E-state index contributed by atoms with van der Waals surface area (Å²) in [6.45, 7) is 0. The first-order valence-corrected chi connectivity index (χ1v) is 6.73. The summed E-state index contributed by atoms with van der Waals surface area (Å²) in [7, 11) is -0.623. The molecule has 0 atom stereocenters. The summed E-state index contributed by atoms with van der Waals surface area (Å²) in [5.74, 6) is 0.0628. The van der Waals surface area contributed by atoms with Gasteiger partial charge in [0.15, 0.2) is 17.2 Å². The van der Waals surface area contributed by atoms with Crippen molar-refractivity contribution in [1.82, 2.24) is 0 Å². The smallest absolute Gasteiger partial charge is 0.530 e. The summed E-state index contributed by atoms with van der Waals surface area (Å²) in [4.78, 5) is 0. The van der Waals surface area contributed by atoms with Crippen LogP contribution in [-0.4, -0.2) is 48.6 Å². The molecule has 2 rings (SSSR count). The number of hydrogen-bond donors (Lipinski definition) is 4. The number of para-hydroxylation sites is 2. The Labute approximate surface area is 134 Å². The first-order chi connectivity index (χ1) is 11.0. The van der Waals surface area contributed by atoms with Crippen LogP contribution in [0.1, 0.15) is 0 Å². The van der Waals surface area contributed by atoms with Crippen molar-refractivity contribution in [2.24, 2.45) is 0 Å². The van der Waals surface area contributed by atoms with Gasteiger partial charge in [-0.3, -0.25) is 0 Å². The molecule has 0 saturated heterocycles. The number of aromatic hydroxyl groups is 1. The zero-order chi connectivity index (χ0) is 17.0. The van der Waals surface area contributed by atoms with Crippen LogP contribution in [0.25, 0.3) is 0 Å². The average Bonchev–Trinajstić information content (AvgIpc) is 2.54. The molecule has 9 heteroatoms. The monoisotopic (exact) mass is 318 g/mol. The van der Waals surface area contributed by atoms with Crippen LogP contribution in [0, 0.1) is 0 Å². The van der Waals surface area contributed by atoms with E-state index in [1.165, 1.54) is 32.4 Å². The Kier molecular flexibility index (Phi) is 5.38. The first kappa shape index (κ1) is 17.0. The van der Waals surface area contributed by atoms with Gasteiger partial charge in [-0.1, -0.05) is 24.3 Å². The van der Waals surface area contributed by atoms with E-state index in [4.69, 9.17) is 14.1 Å². The van der Waals surface area contributed by atoms with Gasteiger partial charge in [0.05, 0.1) is 14.2 Å². The summed E-state index contributed by atoms with van der Waals surface area (Å²) in [5, 5.41) is 39.1. The second-order valence-corrected chi connectivity index (χ2v) is 4.62. The third kappa shape index (κ3) is 3.53. The van der Waals surface area contributed by atoms with E-state index in [0.717, 1.165) is 0 Å². The molecule has 0 aliphatic rings. The lowest BCUT2D eigenvalue weighted by Crippen LogP contribution is -2.40. The van der Waals surface area contributed by atoms with Crippen molar-refractivity contribution in [2.75, 3.05) is 14.2 Å². The molecule has 0 amide bonds. The topological polar surface area (TPSA) is 109 Å². The van der Waals surface area contributed by atoms with E-state index in [1.54, 1.807) is 18.2 Å². The third-order valence-corrected chi connectivity index (χ3v) is 3.25. The Morgan fingerprint density at radius 3 is 1.96 bits per heavy atom. The Balaban J connectivity index is 2.39. The van der Waals surface area contributed by atoms with E-state index in [9.17, 15) is 20.2 Å². The van der Waals surface area contributed by atoms with E-state index in [2.05, 4.69) is 0 Å². The minimum Gasteiger partial charge on any atom is -0.530 e. The molecule has 120 valence electrons. The van der Waals surface area contributed by atoms with Crippen molar-refractivity contribution in [3.8, 4) is 23.0 Å². The summed E-state index contributed by atoms with van der Waals surface area (Å²) >= 11 is 0. The first-order valence-electron chi connectivity index (χ1n) is 6.73. The molecular weight excluding hydrogens is 302 g/mol. The van der Waals surface area contributed by atoms with Gasteiger partial charge in [-0.15, -0.1) is 0 Å². The van der Waals surface area contributed by atoms with Gasteiger partial charge in [-0.2, -0.15) is 0 Å². The molecule has 0 spiro atoms. The molecule has 2 aromatic rings. The molecular formula is C14H16B2O7. The van der Waals surface area contributed by atoms with Crippen LogP contribution in [0.2, 0.25) is 0 Å². The van der Waals surface area contributed by atoms with Crippen molar-refractivity contribution < 1.29 is 34.3 Å². The maximum absolute atomic E-state index is 10.2. The molecule has 0 unspecified atom stereocenters. The van der Waals surface area contributed by atoms with Crippen molar-refractivity contribution in [2.45, 2.75) is 0 Å². The van der Waals surface area contributed by atoms with E-state index in [0.29, 0.717) is 0 Å². The fraction of sp³-hybridized carbons (Fsp3) is 0.143. The molecule has 0 fully saturated rings. The van der Waals surface area contributed by atoms with Crippen molar-refractivity contribution in [3.63, 3.8) is 0 Å². The molecule has 0 heterocycles. The van der Waals surface area contributed by atoms with Crippen molar-refractivity contribution in [1.29, 1.82) is 0 Å². The Morgan fingerprint density at radius 2 is 1.39 bits per heavy atom. The molecule has 0 radical (unpaired) electrons. The number of phenolic OH excluding ortho intramolecular Hbond substituents is 1.